The van der Waals surface area contributed by atoms with Crippen molar-refractivity contribution in [1.82, 2.24) is 0 Å². The predicted molar refractivity (Wildman–Crippen MR) is 54.4 cm³/mol. The summed E-state index contributed by atoms with van der Waals surface area (Å²) < 4.78 is 4.30. The summed E-state index contributed by atoms with van der Waals surface area (Å²) in [4.78, 5) is 22.3. The second kappa shape index (κ2) is 5.24. The average molecular weight is 225 g/mol. The van der Waals surface area contributed by atoms with E-state index >= 15 is 0 Å². The molecule has 6 heteroatoms. The molecular weight excluding hydrogens is 214 g/mol. The highest BCUT2D eigenvalue weighted by Crippen LogP contribution is 2.07. The molecule has 0 aromatic heterocycles. The number of nitrogen functional groups attached to an aromatic ring is 1. The molecule has 1 aromatic rings. The Morgan fingerprint density at radius 3 is 2.38 bits per heavy atom. The maximum atomic E-state index is 11.3. The number of hydrogen-bond acceptors (Lipinski definition) is 6. The predicted octanol–water partition coefficient (Wildman–Crippen LogP) is -0.695. The Kier molecular flexibility index (Phi) is 3.98. The first kappa shape index (κ1) is 12.2. The van der Waals surface area contributed by atoms with Gasteiger partial charge in [-0.2, -0.15) is 0 Å². The number of anilines is 1. The first-order valence-corrected chi connectivity index (χ1v) is 4.45. The topological polar surface area (TPSA) is 110 Å². The molecule has 0 fully saturated rings. The van der Waals surface area contributed by atoms with Gasteiger partial charge >= 0.3 is 11.9 Å². The van der Waals surface area contributed by atoms with Gasteiger partial charge in [0, 0.05) is 5.69 Å². The smallest absolute Gasteiger partial charge is 0.345 e. The third kappa shape index (κ3) is 3.04. The lowest BCUT2D eigenvalue weighted by Crippen LogP contribution is -2.28. The van der Waals surface area contributed by atoms with E-state index in [9.17, 15) is 9.59 Å². The zero-order chi connectivity index (χ0) is 12.1. The fraction of sp³-hybridized carbons (Fsp3) is 0.200. The fourth-order valence-electron chi connectivity index (χ4n) is 0.912. The lowest BCUT2D eigenvalue weighted by Gasteiger charge is -2.06. The van der Waals surface area contributed by atoms with Gasteiger partial charge in [0.25, 0.3) is 0 Å². The third-order valence-electron chi connectivity index (χ3n) is 1.78. The Bertz CT molecular complexity index is 387. The van der Waals surface area contributed by atoms with Gasteiger partial charge in [-0.25, -0.2) is 9.59 Å². The van der Waals surface area contributed by atoms with Crippen molar-refractivity contribution in [2.45, 2.75) is 6.10 Å². The molecule has 16 heavy (non-hydrogen) atoms. The van der Waals surface area contributed by atoms with Crippen LogP contribution in [0.15, 0.2) is 24.3 Å². The number of rotatable bonds is 3. The van der Waals surface area contributed by atoms with E-state index < -0.39 is 24.6 Å². The lowest BCUT2D eigenvalue weighted by atomic mass is 10.2. The molecule has 4 N–H and O–H groups in total. The normalized spacial score (nSPS) is 11.9. The summed E-state index contributed by atoms with van der Waals surface area (Å²) in [6, 6.07) is 5.72. The standard InChI is InChI=1S/C10H11NO5/c11-7-3-1-6(2-4-7)9(14)16-10(15)8(13)5-12/h1-4,8,12-13H,5,11H2. The molecule has 86 valence electrons. The minimum absolute atomic E-state index is 0.132. The molecule has 0 bridgehead atoms. The molecule has 0 spiro atoms. The van der Waals surface area contributed by atoms with Gasteiger partial charge in [0.2, 0.25) is 0 Å². The van der Waals surface area contributed by atoms with Gasteiger partial charge in [0.1, 0.15) is 0 Å². The van der Waals surface area contributed by atoms with Crippen LogP contribution in [0.4, 0.5) is 5.69 Å². The van der Waals surface area contributed by atoms with Crippen LogP contribution in [0.3, 0.4) is 0 Å². The number of aliphatic hydroxyl groups excluding tert-OH is 2. The average Bonchev–Trinajstić information content (AvgIpc) is 2.28. The van der Waals surface area contributed by atoms with Crippen molar-refractivity contribution < 1.29 is 24.5 Å². The monoisotopic (exact) mass is 225 g/mol. The van der Waals surface area contributed by atoms with Crippen LogP contribution in [0.5, 0.6) is 0 Å². The molecule has 0 aliphatic carbocycles. The van der Waals surface area contributed by atoms with Crippen molar-refractivity contribution in [1.29, 1.82) is 0 Å². The molecule has 1 atom stereocenters. The number of carbonyl (C=O) groups is 2. The molecular formula is C10H11NO5. The minimum Gasteiger partial charge on any atom is -0.399 e. The number of aliphatic hydroxyl groups is 2. The van der Waals surface area contributed by atoms with Gasteiger partial charge in [0.15, 0.2) is 6.10 Å². The van der Waals surface area contributed by atoms with Crippen molar-refractivity contribution in [3.63, 3.8) is 0 Å². The Hall–Kier alpha value is -1.92. The summed E-state index contributed by atoms with van der Waals surface area (Å²) in [6.45, 7) is -0.798. The van der Waals surface area contributed by atoms with Crippen LogP contribution >= 0.6 is 0 Å². The Morgan fingerprint density at radius 2 is 1.88 bits per heavy atom. The minimum atomic E-state index is -1.71. The first-order chi connectivity index (χ1) is 7.54. The van der Waals surface area contributed by atoms with Crippen molar-refractivity contribution in [3.8, 4) is 0 Å². The molecule has 0 amide bonds. The Labute approximate surface area is 91.3 Å². The summed E-state index contributed by atoms with van der Waals surface area (Å²) in [5.74, 6) is -2.10. The summed E-state index contributed by atoms with van der Waals surface area (Å²) >= 11 is 0. The molecule has 0 aliphatic rings. The van der Waals surface area contributed by atoms with Gasteiger partial charge in [0.05, 0.1) is 12.2 Å². The highest BCUT2D eigenvalue weighted by molar-refractivity contribution is 5.98. The van der Waals surface area contributed by atoms with Crippen LogP contribution in [-0.2, 0) is 9.53 Å². The summed E-state index contributed by atoms with van der Waals surface area (Å²) in [5.41, 5.74) is 6.01. The molecule has 0 aliphatic heterocycles. The highest BCUT2D eigenvalue weighted by Gasteiger charge is 2.19. The molecule has 0 saturated carbocycles. The second-order valence-corrected chi connectivity index (χ2v) is 3.03. The summed E-state index contributed by atoms with van der Waals surface area (Å²) in [7, 11) is 0. The van der Waals surface area contributed by atoms with Crippen LogP contribution in [0.25, 0.3) is 0 Å². The lowest BCUT2D eigenvalue weighted by molar-refractivity contribution is -0.149. The Balaban J connectivity index is 2.66. The van der Waals surface area contributed by atoms with Gasteiger partial charge in [-0.05, 0) is 24.3 Å². The molecule has 0 saturated heterocycles. The molecule has 0 heterocycles. The van der Waals surface area contributed by atoms with E-state index in [1.807, 2.05) is 0 Å². The van der Waals surface area contributed by atoms with E-state index in [0.717, 1.165) is 0 Å². The van der Waals surface area contributed by atoms with Gasteiger partial charge in [-0.1, -0.05) is 0 Å². The third-order valence-corrected chi connectivity index (χ3v) is 1.78. The highest BCUT2D eigenvalue weighted by atomic mass is 16.6. The number of benzene rings is 1. The number of carbonyl (C=O) groups excluding carboxylic acids is 2. The van der Waals surface area contributed by atoms with Gasteiger partial charge in [-0.3, -0.25) is 0 Å². The van der Waals surface area contributed by atoms with Gasteiger partial charge < -0.3 is 20.7 Å². The molecule has 1 rings (SSSR count). The summed E-state index contributed by atoms with van der Waals surface area (Å²) in [6.07, 6.45) is -1.71. The molecule has 0 radical (unpaired) electrons. The zero-order valence-corrected chi connectivity index (χ0v) is 8.29. The van der Waals surface area contributed by atoms with Crippen LogP contribution in [0.1, 0.15) is 10.4 Å². The number of nitrogens with two attached hydrogens (primary N) is 1. The zero-order valence-electron chi connectivity index (χ0n) is 8.29. The number of hydrogen-bond donors (Lipinski definition) is 3. The van der Waals surface area contributed by atoms with Crippen molar-refractivity contribution in [2.24, 2.45) is 0 Å². The van der Waals surface area contributed by atoms with E-state index in [1.54, 1.807) is 0 Å². The van der Waals surface area contributed by atoms with Crippen molar-refractivity contribution in [2.75, 3.05) is 12.3 Å². The van der Waals surface area contributed by atoms with E-state index in [0.29, 0.717) is 5.69 Å². The number of esters is 2. The molecule has 1 aromatic carbocycles. The van der Waals surface area contributed by atoms with E-state index in [2.05, 4.69) is 4.74 Å². The maximum Gasteiger partial charge on any atom is 0.345 e. The SMILES string of the molecule is Nc1ccc(C(=O)OC(=O)C(O)CO)cc1. The van der Waals surface area contributed by atoms with E-state index in [1.165, 1.54) is 24.3 Å². The van der Waals surface area contributed by atoms with Crippen LogP contribution in [0, 0.1) is 0 Å². The first-order valence-electron chi connectivity index (χ1n) is 4.45. The fourth-order valence-corrected chi connectivity index (χ4v) is 0.912. The second-order valence-electron chi connectivity index (χ2n) is 3.03. The van der Waals surface area contributed by atoms with Crippen molar-refractivity contribution >= 4 is 17.6 Å². The van der Waals surface area contributed by atoms with Crippen LogP contribution < -0.4 is 5.73 Å². The maximum absolute atomic E-state index is 11.3. The van der Waals surface area contributed by atoms with Crippen LogP contribution in [0.2, 0.25) is 0 Å². The molecule has 6 nitrogen and oxygen atoms in total. The quantitative estimate of drug-likeness (QED) is 0.356. The number of ether oxygens (including phenoxy) is 1. The van der Waals surface area contributed by atoms with E-state index in [4.69, 9.17) is 15.9 Å². The Morgan fingerprint density at radius 1 is 1.31 bits per heavy atom. The molecule has 1 unspecified atom stereocenters. The largest absolute Gasteiger partial charge is 0.399 e. The van der Waals surface area contributed by atoms with Gasteiger partial charge in [-0.15, -0.1) is 0 Å². The van der Waals surface area contributed by atoms with Crippen LogP contribution in [-0.4, -0.2) is 34.9 Å². The van der Waals surface area contributed by atoms with E-state index in [-0.39, 0.29) is 5.56 Å². The van der Waals surface area contributed by atoms with Crippen molar-refractivity contribution in [3.05, 3.63) is 29.8 Å². The summed E-state index contributed by atoms with van der Waals surface area (Å²) in [5, 5.41) is 17.3.